The van der Waals surface area contributed by atoms with Crippen LogP contribution >= 0.6 is 11.2 Å². The molecule has 0 unspecified atom stereocenters. The zero-order valence-corrected chi connectivity index (χ0v) is 32.9. The Hall–Kier alpha value is -1.59. The second-order valence-electron chi connectivity index (χ2n) is 15.0. The molecule has 0 spiro atoms. The maximum atomic E-state index is 13.4. The molecule has 3 rings (SSSR count). The van der Waals surface area contributed by atoms with Crippen LogP contribution in [-0.2, 0) is 15.8 Å². The van der Waals surface area contributed by atoms with E-state index in [1.165, 1.54) is 4.90 Å². The summed E-state index contributed by atoms with van der Waals surface area (Å²) in [5.74, 6) is -0.229. The van der Waals surface area contributed by atoms with Crippen molar-refractivity contribution in [3.05, 3.63) is 65.7 Å². The third kappa shape index (κ3) is 8.29. The number of β-amino-alcohol motifs (C(OH)–C–C–N with tert-alkyl or cyclic N) is 1. The van der Waals surface area contributed by atoms with E-state index in [1.807, 2.05) is 30.3 Å². The van der Waals surface area contributed by atoms with Crippen molar-refractivity contribution in [3.8, 4) is 0 Å². The molecule has 1 amide bonds. The molecule has 1 fully saturated rings. The molecule has 1 aliphatic heterocycles. The van der Waals surface area contributed by atoms with E-state index in [4.69, 9.17) is 9.16 Å². The van der Waals surface area contributed by atoms with E-state index >= 15 is 0 Å². The van der Waals surface area contributed by atoms with Gasteiger partial charge in [-0.15, -0.1) is 0 Å². The highest BCUT2D eigenvalue weighted by Crippen LogP contribution is 2.52. The highest BCUT2D eigenvalue weighted by atomic mass is 32.4. The first kappa shape index (κ1) is 37.9. The number of hydrogen-bond acceptors (Lipinski definition) is 5. The molecule has 252 valence electrons. The van der Waals surface area contributed by atoms with Gasteiger partial charge in [-0.1, -0.05) is 126 Å². The van der Waals surface area contributed by atoms with Crippen LogP contribution < -0.4 is 0 Å². The second kappa shape index (κ2) is 16.0. The Morgan fingerprint density at radius 3 is 1.76 bits per heavy atom. The van der Waals surface area contributed by atoms with Crippen LogP contribution in [-0.4, -0.2) is 56.9 Å². The number of aliphatic hydroxyl groups excluding tert-OH is 1. The second-order valence-corrected chi connectivity index (χ2v) is 29.0. The summed E-state index contributed by atoms with van der Waals surface area (Å²) < 4.78 is 13.1. The number of hydrogen-bond donors (Lipinski definition) is 1. The molecule has 0 radical (unpaired) electrons. The standard InChI is InChI=1S/C37H61NO4SSi2/c1-25(2)44(26(3)4,27(5)6)42-35-23-38(37(40)41-24-31-16-14-13-15-17-31)22-34(39)36(35)32-18-20-33(21-19-32)43-45(28(7)8,29(9)10)30(11)12/h13-21,25-30,34-36,39H,22-24H2,1-12H3/t34-,35+,36+/m0/s1. The predicted octanol–water partition coefficient (Wildman–Crippen LogP) is 10.6. The van der Waals surface area contributed by atoms with Crippen LogP contribution in [0.2, 0.25) is 33.2 Å². The lowest BCUT2D eigenvalue weighted by atomic mass is 9.85. The van der Waals surface area contributed by atoms with Crippen molar-refractivity contribution in [1.29, 1.82) is 0 Å². The van der Waals surface area contributed by atoms with Crippen LogP contribution in [0.25, 0.3) is 0 Å². The molecule has 0 aliphatic carbocycles. The van der Waals surface area contributed by atoms with Crippen molar-refractivity contribution < 1.29 is 19.1 Å². The summed E-state index contributed by atoms with van der Waals surface area (Å²) in [6.45, 7) is 28.9. The zero-order chi connectivity index (χ0) is 33.7. The first-order valence-corrected chi connectivity index (χ1v) is 23.1. The number of carbonyl (C=O) groups is 1. The quantitative estimate of drug-likeness (QED) is 0.215. The summed E-state index contributed by atoms with van der Waals surface area (Å²) in [6, 6.07) is 18.7. The van der Waals surface area contributed by atoms with Gasteiger partial charge in [0.1, 0.15) is 13.8 Å². The number of aliphatic hydroxyl groups is 1. The average Bonchev–Trinajstić information content (AvgIpc) is 2.97. The van der Waals surface area contributed by atoms with Gasteiger partial charge in [0.25, 0.3) is 0 Å². The summed E-state index contributed by atoms with van der Waals surface area (Å²) in [6.07, 6.45) is -1.49. The van der Waals surface area contributed by atoms with E-state index in [9.17, 15) is 9.90 Å². The zero-order valence-electron chi connectivity index (χ0n) is 30.0. The monoisotopic (exact) mass is 671 g/mol. The molecular formula is C37H61NO4SSi2. The first-order valence-electron chi connectivity index (χ1n) is 17.2. The number of rotatable bonds is 13. The molecule has 8 heteroatoms. The van der Waals surface area contributed by atoms with Crippen LogP contribution in [0.5, 0.6) is 0 Å². The number of carbonyl (C=O) groups excluding carboxylic acids is 1. The average molecular weight is 672 g/mol. The van der Waals surface area contributed by atoms with Gasteiger partial charge in [0.15, 0.2) is 0 Å². The highest BCUT2D eigenvalue weighted by Gasteiger charge is 2.50. The minimum Gasteiger partial charge on any atom is -0.445 e. The lowest BCUT2D eigenvalue weighted by molar-refractivity contribution is -0.0255. The normalized spacial score (nSPS) is 19.9. The SMILES string of the molecule is CC(C)[Si](O[C@@H]1CN(C(=O)OCc2ccccc2)C[C@H](O)[C@H]1c1ccc(S[Si](C(C)C)(C(C)C)C(C)C)cc1)(C(C)C)C(C)C. The predicted molar refractivity (Wildman–Crippen MR) is 196 cm³/mol. The number of amides is 1. The minimum atomic E-state index is -2.32. The van der Waals surface area contributed by atoms with Crippen molar-refractivity contribution in [3.63, 3.8) is 0 Å². The van der Waals surface area contributed by atoms with E-state index in [2.05, 4.69) is 119 Å². The third-order valence-electron chi connectivity index (χ3n) is 10.4. The van der Waals surface area contributed by atoms with E-state index in [0.717, 1.165) is 11.1 Å². The van der Waals surface area contributed by atoms with Crippen molar-refractivity contribution in [1.82, 2.24) is 4.90 Å². The van der Waals surface area contributed by atoms with Gasteiger partial charge in [0.05, 0.1) is 18.8 Å². The number of likely N-dealkylation sites (tertiary alicyclic amines) is 1. The van der Waals surface area contributed by atoms with Gasteiger partial charge < -0.3 is 19.2 Å². The van der Waals surface area contributed by atoms with Gasteiger partial charge in [0, 0.05) is 17.4 Å². The molecule has 3 atom stereocenters. The van der Waals surface area contributed by atoms with E-state index in [0.29, 0.717) is 39.8 Å². The molecule has 5 nitrogen and oxygen atoms in total. The van der Waals surface area contributed by atoms with Crippen molar-refractivity contribution >= 4 is 32.8 Å². The topological polar surface area (TPSA) is 59.0 Å². The lowest BCUT2D eigenvalue weighted by Gasteiger charge is -2.49. The van der Waals surface area contributed by atoms with Crippen molar-refractivity contribution in [2.75, 3.05) is 13.1 Å². The molecule has 2 aromatic carbocycles. The summed E-state index contributed by atoms with van der Waals surface area (Å²) >= 11 is 2.13. The Labute approximate surface area is 280 Å². The summed E-state index contributed by atoms with van der Waals surface area (Å²) in [5.41, 5.74) is 5.16. The molecule has 2 aromatic rings. The molecular weight excluding hydrogens is 611 g/mol. The van der Waals surface area contributed by atoms with Gasteiger partial charge in [-0.05, 0) is 56.5 Å². The van der Waals surface area contributed by atoms with Crippen LogP contribution in [0.1, 0.15) is 100 Å². The molecule has 45 heavy (non-hydrogen) atoms. The van der Waals surface area contributed by atoms with Crippen LogP contribution in [0.3, 0.4) is 0 Å². The summed E-state index contributed by atoms with van der Waals surface area (Å²) in [5, 5.41) is 11.8. The highest BCUT2D eigenvalue weighted by molar-refractivity contribution is 8.29. The van der Waals surface area contributed by atoms with E-state index < -0.39 is 27.7 Å². The first-order chi connectivity index (χ1) is 21.1. The maximum absolute atomic E-state index is 13.4. The van der Waals surface area contributed by atoms with Crippen molar-refractivity contribution in [2.24, 2.45) is 0 Å². The Morgan fingerprint density at radius 1 is 0.778 bits per heavy atom. The Balaban J connectivity index is 1.96. The van der Waals surface area contributed by atoms with Gasteiger partial charge in [0.2, 0.25) is 8.32 Å². The molecule has 0 saturated carbocycles. The fourth-order valence-electron chi connectivity index (χ4n) is 8.49. The number of nitrogens with zero attached hydrogens (tertiary/aromatic N) is 1. The molecule has 1 aliphatic rings. The largest absolute Gasteiger partial charge is 0.445 e. The minimum absolute atomic E-state index is 0.205. The van der Waals surface area contributed by atoms with E-state index in [1.54, 1.807) is 4.90 Å². The Morgan fingerprint density at radius 2 is 1.29 bits per heavy atom. The van der Waals surface area contributed by atoms with Gasteiger partial charge >= 0.3 is 6.09 Å². The van der Waals surface area contributed by atoms with Crippen LogP contribution in [0.4, 0.5) is 4.79 Å². The maximum Gasteiger partial charge on any atom is 0.410 e. The van der Waals surface area contributed by atoms with Gasteiger partial charge in [-0.3, -0.25) is 0 Å². The fourth-order valence-corrected chi connectivity index (χ4v) is 23.2. The molecule has 0 aromatic heterocycles. The van der Waals surface area contributed by atoms with Crippen molar-refractivity contribution in [2.45, 2.75) is 146 Å². The van der Waals surface area contributed by atoms with Crippen LogP contribution in [0, 0.1) is 0 Å². The third-order valence-corrected chi connectivity index (χ3v) is 28.8. The lowest BCUT2D eigenvalue weighted by Crippen LogP contribution is -2.59. The van der Waals surface area contributed by atoms with Gasteiger partial charge in [-0.25, -0.2) is 4.79 Å². The fraction of sp³-hybridized carbons (Fsp3) is 0.649. The van der Waals surface area contributed by atoms with Crippen LogP contribution in [0.15, 0.2) is 59.5 Å². The van der Waals surface area contributed by atoms with Gasteiger partial charge in [-0.2, -0.15) is 11.2 Å². The smallest absolute Gasteiger partial charge is 0.410 e. The van der Waals surface area contributed by atoms with E-state index in [-0.39, 0.29) is 25.2 Å². The molecule has 0 bridgehead atoms. The summed E-state index contributed by atoms with van der Waals surface area (Å²) in [7, 11) is -4.01. The molecule has 1 saturated heterocycles. The molecule has 1 heterocycles. The number of piperidine rings is 1. The number of ether oxygens (including phenoxy) is 1. The Kier molecular flexibility index (Phi) is 13.5. The molecule has 1 N–H and O–H groups in total. The number of benzene rings is 2. The summed E-state index contributed by atoms with van der Waals surface area (Å²) in [4.78, 5) is 16.3. The Bertz CT molecular complexity index is 1160.